The van der Waals surface area contributed by atoms with Crippen molar-refractivity contribution in [2.24, 2.45) is 5.73 Å². The zero-order valence-electron chi connectivity index (χ0n) is 10.5. The Morgan fingerprint density at radius 2 is 2.16 bits per heavy atom. The van der Waals surface area contributed by atoms with Gasteiger partial charge in [-0.05, 0) is 25.1 Å². The molecule has 2 aromatic rings. The Kier molecular flexibility index (Phi) is 3.57. The van der Waals surface area contributed by atoms with Crippen LogP contribution in [-0.4, -0.2) is 32.7 Å². The first-order valence-electron chi connectivity index (χ1n) is 5.58. The first-order valence-corrected chi connectivity index (χ1v) is 5.99. The minimum atomic E-state index is -0.261. The molecule has 0 saturated heterocycles. The second kappa shape index (κ2) is 5.15. The molecule has 0 unspecified atom stereocenters. The largest absolute Gasteiger partial charge is 0.389 e. The van der Waals surface area contributed by atoms with E-state index in [0.29, 0.717) is 17.1 Å². The summed E-state index contributed by atoms with van der Waals surface area (Å²) in [5, 5.41) is 6.67. The fourth-order valence-electron chi connectivity index (χ4n) is 1.60. The summed E-state index contributed by atoms with van der Waals surface area (Å²) >= 11 is 4.99. The number of nitrogens with one attached hydrogen (secondary N) is 1. The van der Waals surface area contributed by atoms with Gasteiger partial charge in [0.25, 0.3) is 5.91 Å². The van der Waals surface area contributed by atoms with Crippen LogP contribution in [0.4, 0.5) is 0 Å². The first-order chi connectivity index (χ1) is 9.02. The Bertz CT molecular complexity index is 649. The second-order valence-electron chi connectivity index (χ2n) is 3.91. The van der Waals surface area contributed by atoms with Gasteiger partial charge in [0, 0.05) is 18.9 Å². The maximum atomic E-state index is 11.5. The number of hydrogen-bond donors (Lipinski definition) is 2. The van der Waals surface area contributed by atoms with Gasteiger partial charge in [-0.25, -0.2) is 9.67 Å². The maximum absolute atomic E-state index is 11.5. The second-order valence-corrected chi connectivity index (χ2v) is 4.35. The molecule has 0 fully saturated rings. The number of thiocarbonyl (C=S) groups is 1. The summed E-state index contributed by atoms with van der Waals surface area (Å²) < 4.78 is 1.49. The predicted molar refractivity (Wildman–Crippen MR) is 75.4 cm³/mol. The van der Waals surface area contributed by atoms with Crippen molar-refractivity contribution in [2.45, 2.75) is 6.92 Å². The van der Waals surface area contributed by atoms with Crippen molar-refractivity contribution in [3.63, 3.8) is 0 Å². The lowest BCUT2D eigenvalue weighted by Crippen LogP contribution is -2.19. The molecular formula is C12H13N5OS. The molecule has 7 heteroatoms. The van der Waals surface area contributed by atoms with Crippen LogP contribution in [-0.2, 0) is 0 Å². The van der Waals surface area contributed by atoms with E-state index in [1.165, 1.54) is 4.68 Å². The van der Waals surface area contributed by atoms with Crippen molar-refractivity contribution in [1.29, 1.82) is 0 Å². The van der Waals surface area contributed by atoms with Gasteiger partial charge in [-0.15, -0.1) is 0 Å². The van der Waals surface area contributed by atoms with Crippen molar-refractivity contribution in [2.75, 3.05) is 7.05 Å². The van der Waals surface area contributed by atoms with Crippen LogP contribution in [0.25, 0.3) is 5.82 Å². The van der Waals surface area contributed by atoms with E-state index in [2.05, 4.69) is 15.4 Å². The monoisotopic (exact) mass is 275 g/mol. The van der Waals surface area contributed by atoms with Gasteiger partial charge >= 0.3 is 0 Å². The molecule has 6 nitrogen and oxygen atoms in total. The molecule has 0 aliphatic carbocycles. The third kappa shape index (κ3) is 2.60. The molecule has 0 aliphatic rings. The standard InChI is InChI=1S/C12H13N5OS/c1-7-3-4-8(10(13)19)11(15-7)17-6-5-9(16-17)12(18)14-2/h3-6H,1-2H3,(H2,13,19)(H,14,18). The molecule has 1 amide bonds. The number of pyridine rings is 1. The van der Waals surface area contributed by atoms with Gasteiger partial charge < -0.3 is 11.1 Å². The third-order valence-corrected chi connectivity index (χ3v) is 2.77. The van der Waals surface area contributed by atoms with Gasteiger partial charge in [0.15, 0.2) is 11.5 Å². The Morgan fingerprint density at radius 1 is 1.42 bits per heavy atom. The molecule has 2 rings (SSSR count). The Balaban J connectivity index is 2.52. The predicted octanol–water partition coefficient (Wildman–Crippen LogP) is 0.570. The summed E-state index contributed by atoms with van der Waals surface area (Å²) in [6, 6.07) is 5.22. The number of hydrogen-bond acceptors (Lipinski definition) is 4. The summed E-state index contributed by atoms with van der Waals surface area (Å²) in [7, 11) is 1.55. The van der Waals surface area contributed by atoms with E-state index in [4.69, 9.17) is 18.0 Å². The number of aromatic nitrogens is 3. The van der Waals surface area contributed by atoms with E-state index in [0.717, 1.165) is 5.69 Å². The minimum Gasteiger partial charge on any atom is -0.389 e. The SMILES string of the molecule is CNC(=O)c1ccn(-c2nc(C)ccc2C(N)=S)n1. The fourth-order valence-corrected chi connectivity index (χ4v) is 1.76. The Labute approximate surface area is 115 Å². The summed E-state index contributed by atoms with van der Waals surface area (Å²) in [4.78, 5) is 16.1. The van der Waals surface area contributed by atoms with E-state index < -0.39 is 0 Å². The Morgan fingerprint density at radius 3 is 2.79 bits per heavy atom. The highest BCUT2D eigenvalue weighted by Gasteiger charge is 2.13. The van der Waals surface area contributed by atoms with Gasteiger partial charge in [0.05, 0.1) is 5.56 Å². The van der Waals surface area contributed by atoms with Gasteiger partial charge in [0.1, 0.15) is 4.99 Å². The van der Waals surface area contributed by atoms with Crippen LogP contribution in [0.2, 0.25) is 0 Å². The third-order valence-electron chi connectivity index (χ3n) is 2.55. The zero-order chi connectivity index (χ0) is 14.0. The molecule has 2 aromatic heterocycles. The van der Waals surface area contributed by atoms with Crippen LogP contribution in [0, 0.1) is 6.92 Å². The van der Waals surface area contributed by atoms with Gasteiger partial charge in [0.2, 0.25) is 0 Å². The molecule has 2 heterocycles. The number of nitrogens with two attached hydrogens (primary N) is 1. The highest BCUT2D eigenvalue weighted by Crippen LogP contribution is 2.13. The molecule has 0 spiro atoms. The number of nitrogens with zero attached hydrogens (tertiary/aromatic N) is 3. The van der Waals surface area contributed by atoms with E-state index >= 15 is 0 Å². The van der Waals surface area contributed by atoms with E-state index in [1.54, 1.807) is 25.4 Å². The highest BCUT2D eigenvalue weighted by atomic mass is 32.1. The van der Waals surface area contributed by atoms with Gasteiger partial charge in [-0.2, -0.15) is 5.10 Å². The average molecular weight is 275 g/mol. The molecule has 0 saturated carbocycles. The summed E-state index contributed by atoms with van der Waals surface area (Å²) in [5.41, 5.74) is 7.40. The molecule has 0 atom stereocenters. The number of amides is 1. The fraction of sp³-hybridized carbons (Fsp3) is 0.167. The average Bonchev–Trinajstić information content (AvgIpc) is 2.86. The van der Waals surface area contributed by atoms with Crippen molar-refractivity contribution >= 4 is 23.1 Å². The van der Waals surface area contributed by atoms with Crippen LogP contribution in [0.1, 0.15) is 21.7 Å². The molecule has 0 aliphatic heterocycles. The van der Waals surface area contributed by atoms with Crippen molar-refractivity contribution < 1.29 is 4.79 Å². The number of aryl methyl sites for hydroxylation is 1. The van der Waals surface area contributed by atoms with Crippen molar-refractivity contribution in [3.05, 3.63) is 41.3 Å². The van der Waals surface area contributed by atoms with Gasteiger partial charge in [-0.3, -0.25) is 4.79 Å². The van der Waals surface area contributed by atoms with Crippen molar-refractivity contribution in [3.8, 4) is 5.82 Å². The maximum Gasteiger partial charge on any atom is 0.271 e. The normalized spacial score (nSPS) is 10.2. The van der Waals surface area contributed by atoms with Crippen LogP contribution in [0.5, 0.6) is 0 Å². The molecule has 0 aromatic carbocycles. The zero-order valence-corrected chi connectivity index (χ0v) is 11.4. The highest BCUT2D eigenvalue weighted by molar-refractivity contribution is 7.80. The van der Waals surface area contributed by atoms with E-state index in [-0.39, 0.29) is 10.9 Å². The van der Waals surface area contributed by atoms with Crippen LogP contribution in [0.3, 0.4) is 0 Å². The number of carbonyl (C=O) groups is 1. The van der Waals surface area contributed by atoms with Crippen LogP contribution >= 0.6 is 12.2 Å². The summed E-state index contributed by atoms with van der Waals surface area (Å²) in [6.45, 7) is 1.86. The molecule has 0 bridgehead atoms. The molecule has 19 heavy (non-hydrogen) atoms. The first kappa shape index (κ1) is 13.2. The molecule has 0 radical (unpaired) electrons. The summed E-state index contributed by atoms with van der Waals surface area (Å²) in [6.07, 6.45) is 1.65. The quantitative estimate of drug-likeness (QED) is 0.800. The molecule has 98 valence electrons. The smallest absolute Gasteiger partial charge is 0.271 e. The lowest BCUT2D eigenvalue weighted by atomic mass is 10.2. The number of rotatable bonds is 3. The molecule has 3 N–H and O–H groups in total. The topological polar surface area (TPSA) is 85.8 Å². The minimum absolute atomic E-state index is 0.236. The summed E-state index contributed by atoms with van der Waals surface area (Å²) in [5.74, 6) is 0.255. The van der Waals surface area contributed by atoms with Gasteiger partial charge in [-0.1, -0.05) is 12.2 Å². The lowest BCUT2D eigenvalue weighted by Gasteiger charge is -2.08. The van der Waals surface area contributed by atoms with Crippen LogP contribution < -0.4 is 11.1 Å². The molecular weight excluding hydrogens is 262 g/mol. The van der Waals surface area contributed by atoms with E-state index in [9.17, 15) is 4.79 Å². The van der Waals surface area contributed by atoms with Crippen LogP contribution in [0.15, 0.2) is 24.4 Å². The lowest BCUT2D eigenvalue weighted by molar-refractivity contribution is 0.0957. The van der Waals surface area contributed by atoms with Crippen molar-refractivity contribution in [1.82, 2.24) is 20.1 Å². The van der Waals surface area contributed by atoms with E-state index in [1.807, 2.05) is 13.0 Å². The number of carbonyl (C=O) groups excluding carboxylic acids is 1. The Hall–Kier alpha value is -2.28.